The van der Waals surface area contributed by atoms with E-state index in [1.165, 1.54) is 5.75 Å². The molecule has 0 bridgehead atoms. The van der Waals surface area contributed by atoms with E-state index in [4.69, 9.17) is 9.47 Å². The first-order valence-corrected chi connectivity index (χ1v) is 4.31. The fourth-order valence-electron chi connectivity index (χ4n) is 0.486. The molecule has 1 saturated heterocycles. The normalized spacial score (nSPS) is 22.3. The Balaban J connectivity index is 1.80. The Labute approximate surface area is 65.6 Å². The zero-order valence-corrected chi connectivity index (χ0v) is 6.95. The smallest absolute Gasteiger partial charge is 0.188 e. The van der Waals surface area contributed by atoms with Crippen molar-refractivity contribution in [3.8, 4) is 0 Å². The monoisotopic (exact) mass is 160 g/mol. The SMILES string of the molecule is C=C(C)OCOCC1CS1. The molecule has 0 spiro atoms. The van der Waals surface area contributed by atoms with Crippen LogP contribution in [0.2, 0.25) is 0 Å². The van der Waals surface area contributed by atoms with Gasteiger partial charge in [-0.1, -0.05) is 6.58 Å². The van der Waals surface area contributed by atoms with Gasteiger partial charge in [-0.15, -0.1) is 0 Å². The summed E-state index contributed by atoms with van der Waals surface area (Å²) in [6.07, 6.45) is 0. The minimum absolute atomic E-state index is 0.354. The van der Waals surface area contributed by atoms with E-state index in [0.717, 1.165) is 11.9 Å². The van der Waals surface area contributed by atoms with Crippen LogP contribution in [0.5, 0.6) is 0 Å². The maximum Gasteiger partial charge on any atom is 0.188 e. The van der Waals surface area contributed by atoms with E-state index in [2.05, 4.69) is 6.58 Å². The van der Waals surface area contributed by atoms with Gasteiger partial charge >= 0.3 is 0 Å². The Morgan fingerprint density at radius 2 is 2.50 bits per heavy atom. The Bertz CT molecular complexity index is 121. The number of ether oxygens (including phenoxy) is 2. The number of hydrogen-bond donors (Lipinski definition) is 0. The molecular formula is C7H12O2S. The third kappa shape index (κ3) is 3.80. The molecule has 0 aromatic heterocycles. The first-order chi connectivity index (χ1) is 4.79. The van der Waals surface area contributed by atoms with Gasteiger partial charge in [0.05, 0.1) is 12.4 Å². The van der Waals surface area contributed by atoms with Gasteiger partial charge in [-0.3, -0.25) is 0 Å². The summed E-state index contributed by atoms with van der Waals surface area (Å²) < 4.78 is 10.2. The molecular weight excluding hydrogens is 148 g/mol. The van der Waals surface area contributed by atoms with Crippen molar-refractivity contribution in [2.75, 3.05) is 19.2 Å². The van der Waals surface area contributed by atoms with E-state index in [1.54, 1.807) is 0 Å². The van der Waals surface area contributed by atoms with E-state index < -0.39 is 0 Å². The zero-order chi connectivity index (χ0) is 7.40. The maximum atomic E-state index is 5.16. The molecule has 0 aliphatic carbocycles. The van der Waals surface area contributed by atoms with Crippen LogP contribution in [0, 0.1) is 0 Å². The predicted molar refractivity (Wildman–Crippen MR) is 43.0 cm³/mol. The number of thioether (sulfide) groups is 1. The van der Waals surface area contributed by atoms with Gasteiger partial charge < -0.3 is 9.47 Å². The summed E-state index contributed by atoms with van der Waals surface area (Å²) in [5, 5.41) is 0.730. The van der Waals surface area contributed by atoms with Crippen LogP contribution < -0.4 is 0 Å². The first-order valence-electron chi connectivity index (χ1n) is 3.26. The van der Waals surface area contributed by atoms with Crippen molar-refractivity contribution in [2.24, 2.45) is 0 Å². The molecule has 10 heavy (non-hydrogen) atoms. The lowest BCUT2D eigenvalue weighted by Gasteiger charge is -2.04. The molecule has 1 aliphatic rings. The lowest BCUT2D eigenvalue weighted by molar-refractivity contribution is -0.0187. The fraction of sp³-hybridized carbons (Fsp3) is 0.714. The molecule has 1 unspecified atom stereocenters. The predicted octanol–water partition coefficient (Wildman–Crippen LogP) is 1.63. The van der Waals surface area contributed by atoms with Crippen molar-refractivity contribution in [1.29, 1.82) is 0 Å². The van der Waals surface area contributed by atoms with Crippen molar-refractivity contribution in [3.63, 3.8) is 0 Å². The van der Waals surface area contributed by atoms with Crippen molar-refractivity contribution < 1.29 is 9.47 Å². The van der Waals surface area contributed by atoms with Crippen molar-refractivity contribution in [2.45, 2.75) is 12.2 Å². The third-order valence-corrected chi connectivity index (χ3v) is 2.04. The second kappa shape index (κ2) is 3.88. The molecule has 0 N–H and O–H groups in total. The van der Waals surface area contributed by atoms with E-state index in [9.17, 15) is 0 Å². The summed E-state index contributed by atoms with van der Waals surface area (Å²) in [6, 6.07) is 0. The molecule has 1 fully saturated rings. The lowest BCUT2D eigenvalue weighted by Crippen LogP contribution is -2.03. The molecule has 1 rings (SSSR count). The van der Waals surface area contributed by atoms with Gasteiger partial charge in [0.25, 0.3) is 0 Å². The van der Waals surface area contributed by atoms with E-state index >= 15 is 0 Å². The average Bonchev–Trinajstić information content (AvgIpc) is 2.62. The highest BCUT2D eigenvalue weighted by Gasteiger charge is 2.21. The standard InChI is InChI=1S/C7H12O2S/c1-6(2)9-5-8-3-7-4-10-7/h7H,1,3-5H2,2H3. The Morgan fingerprint density at radius 1 is 1.80 bits per heavy atom. The molecule has 0 radical (unpaired) electrons. The topological polar surface area (TPSA) is 18.5 Å². The molecule has 1 aliphatic heterocycles. The van der Waals surface area contributed by atoms with Crippen molar-refractivity contribution in [3.05, 3.63) is 12.3 Å². The van der Waals surface area contributed by atoms with Crippen LogP contribution in [0.3, 0.4) is 0 Å². The summed E-state index contributed by atoms with van der Waals surface area (Å²) in [4.78, 5) is 0. The summed E-state index contributed by atoms with van der Waals surface area (Å²) in [7, 11) is 0. The van der Waals surface area contributed by atoms with Crippen LogP contribution in [0.25, 0.3) is 0 Å². The number of hydrogen-bond acceptors (Lipinski definition) is 3. The molecule has 3 heteroatoms. The van der Waals surface area contributed by atoms with Gasteiger partial charge in [0, 0.05) is 11.0 Å². The second-order valence-corrected chi connectivity index (χ2v) is 3.62. The van der Waals surface area contributed by atoms with Crippen LogP contribution in [0.1, 0.15) is 6.92 Å². The van der Waals surface area contributed by atoms with Gasteiger partial charge in [-0.2, -0.15) is 11.8 Å². The fourth-order valence-corrected chi connectivity index (χ4v) is 0.911. The van der Waals surface area contributed by atoms with Crippen LogP contribution >= 0.6 is 11.8 Å². The summed E-state index contributed by atoms with van der Waals surface area (Å²) in [5.74, 6) is 1.95. The van der Waals surface area contributed by atoms with Crippen molar-refractivity contribution >= 4 is 11.8 Å². The van der Waals surface area contributed by atoms with Crippen molar-refractivity contribution in [1.82, 2.24) is 0 Å². The van der Waals surface area contributed by atoms with Gasteiger partial charge in [-0.05, 0) is 6.92 Å². The van der Waals surface area contributed by atoms with Gasteiger partial charge in [-0.25, -0.2) is 0 Å². The summed E-state index contributed by atoms with van der Waals surface area (Å²) in [5.41, 5.74) is 0. The van der Waals surface area contributed by atoms with Crippen LogP contribution in [-0.2, 0) is 9.47 Å². The molecule has 1 atom stereocenters. The largest absolute Gasteiger partial charge is 0.473 e. The number of allylic oxidation sites excluding steroid dienone is 1. The van der Waals surface area contributed by atoms with Crippen LogP contribution in [0.15, 0.2) is 12.3 Å². The van der Waals surface area contributed by atoms with Gasteiger partial charge in [0.15, 0.2) is 6.79 Å². The number of rotatable bonds is 5. The molecule has 0 amide bonds. The quantitative estimate of drug-likeness (QED) is 0.263. The van der Waals surface area contributed by atoms with Crippen LogP contribution in [0.4, 0.5) is 0 Å². The summed E-state index contributed by atoms with van der Waals surface area (Å²) in [6.45, 7) is 6.57. The zero-order valence-electron chi connectivity index (χ0n) is 6.13. The van der Waals surface area contributed by atoms with Crippen LogP contribution in [-0.4, -0.2) is 24.4 Å². The highest BCUT2D eigenvalue weighted by Crippen LogP contribution is 2.29. The average molecular weight is 160 g/mol. The Kier molecular flexibility index (Phi) is 3.09. The highest BCUT2D eigenvalue weighted by molar-refractivity contribution is 8.06. The summed E-state index contributed by atoms with van der Waals surface area (Å²) >= 11 is 1.92. The highest BCUT2D eigenvalue weighted by atomic mass is 32.2. The minimum atomic E-state index is 0.354. The molecule has 2 nitrogen and oxygen atoms in total. The Hall–Kier alpha value is -0.150. The minimum Gasteiger partial charge on any atom is -0.473 e. The molecule has 1 heterocycles. The third-order valence-electron chi connectivity index (χ3n) is 1.09. The second-order valence-electron chi connectivity index (χ2n) is 2.29. The van der Waals surface area contributed by atoms with E-state index in [0.29, 0.717) is 12.6 Å². The maximum absolute atomic E-state index is 5.16. The lowest BCUT2D eigenvalue weighted by atomic mass is 10.5. The first kappa shape index (κ1) is 7.95. The Morgan fingerprint density at radius 3 is 3.00 bits per heavy atom. The molecule has 0 saturated carbocycles. The molecule has 0 aromatic rings. The molecule has 58 valence electrons. The van der Waals surface area contributed by atoms with E-state index in [-0.39, 0.29) is 0 Å². The molecule has 0 aromatic carbocycles. The van der Waals surface area contributed by atoms with Gasteiger partial charge in [0.2, 0.25) is 0 Å². The van der Waals surface area contributed by atoms with E-state index in [1.807, 2.05) is 18.7 Å². The van der Waals surface area contributed by atoms with Gasteiger partial charge in [0.1, 0.15) is 0 Å².